The van der Waals surface area contributed by atoms with Crippen LogP contribution in [0.15, 0.2) is 140 Å². The Hall–Kier alpha value is -6.07. The third kappa shape index (κ3) is 5.18. The van der Waals surface area contributed by atoms with Gasteiger partial charge in [-0.1, -0.05) is 91.0 Å². The van der Waals surface area contributed by atoms with Crippen molar-refractivity contribution >= 4 is 21.8 Å². The summed E-state index contributed by atoms with van der Waals surface area (Å²) in [5, 5.41) is 2.19. The highest BCUT2D eigenvalue weighted by atomic mass is 14.9. The predicted octanol–water partition coefficient (Wildman–Crippen LogP) is 9.92. The Morgan fingerprint density at radius 2 is 1.07 bits per heavy atom. The summed E-state index contributed by atoms with van der Waals surface area (Å²) in [5.41, 5.74) is 12.6. The van der Waals surface area contributed by atoms with Crippen LogP contribution in [0.4, 0.5) is 0 Å². The van der Waals surface area contributed by atoms with E-state index in [1.54, 1.807) is 6.20 Å². The van der Waals surface area contributed by atoms with E-state index in [2.05, 4.69) is 96.8 Å². The molecule has 46 heavy (non-hydrogen) atoms. The first-order valence-electron chi connectivity index (χ1n) is 15.3. The van der Waals surface area contributed by atoms with Crippen LogP contribution in [-0.2, 0) is 0 Å². The van der Waals surface area contributed by atoms with Gasteiger partial charge in [0.2, 0.25) is 0 Å². The van der Waals surface area contributed by atoms with Crippen LogP contribution in [0.3, 0.4) is 0 Å². The number of aromatic nitrogens is 5. The molecule has 0 radical (unpaired) electrons. The van der Waals surface area contributed by atoms with Crippen molar-refractivity contribution in [1.82, 2.24) is 24.9 Å². The third-order valence-corrected chi connectivity index (χ3v) is 8.29. The molecule has 0 fully saturated rings. The van der Waals surface area contributed by atoms with Crippen molar-refractivity contribution in [3.8, 4) is 56.4 Å². The number of fused-ring (bicyclic) bond motifs is 3. The van der Waals surface area contributed by atoms with Crippen molar-refractivity contribution in [2.45, 2.75) is 13.8 Å². The summed E-state index contributed by atoms with van der Waals surface area (Å²) in [6.45, 7) is 4.15. The van der Waals surface area contributed by atoms with Gasteiger partial charge in [-0.25, -0.2) is 15.0 Å². The van der Waals surface area contributed by atoms with Crippen molar-refractivity contribution in [3.63, 3.8) is 0 Å². The van der Waals surface area contributed by atoms with Gasteiger partial charge in [-0.2, -0.15) is 0 Å². The van der Waals surface area contributed by atoms with Gasteiger partial charge in [-0.05, 0) is 73.0 Å². The van der Waals surface area contributed by atoms with Gasteiger partial charge in [0.25, 0.3) is 0 Å². The largest absolute Gasteiger partial charge is 0.255 e. The van der Waals surface area contributed by atoms with Crippen LogP contribution >= 0.6 is 0 Å². The maximum absolute atomic E-state index is 5.20. The summed E-state index contributed by atoms with van der Waals surface area (Å²) in [6.07, 6.45) is 1.79. The van der Waals surface area contributed by atoms with Crippen molar-refractivity contribution in [3.05, 3.63) is 151 Å². The van der Waals surface area contributed by atoms with E-state index in [0.717, 1.165) is 83.7 Å². The van der Waals surface area contributed by atoms with E-state index in [9.17, 15) is 0 Å². The summed E-state index contributed by atoms with van der Waals surface area (Å²) < 4.78 is 0. The first-order valence-corrected chi connectivity index (χ1v) is 15.3. The van der Waals surface area contributed by atoms with Crippen molar-refractivity contribution in [2.24, 2.45) is 0 Å². The number of hydrogen-bond donors (Lipinski definition) is 0. The monoisotopic (exact) mass is 591 g/mol. The van der Waals surface area contributed by atoms with E-state index in [1.807, 2.05) is 55.5 Å². The van der Waals surface area contributed by atoms with E-state index < -0.39 is 0 Å². The first-order chi connectivity index (χ1) is 22.6. The van der Waals surface area contributed by atoms with E-state index in [0.29, 0.717) is 5.82 Å². The Balaban J connectivity index is 1.22. The molecule has 0 aliphatic rings. The maximum atomic E-state index is 5.20. The molecular formula is C41H29N5. The average molecular weight is 592 g/mol. The minimum Gasteiger partial charge on any atom is -0.255 e. The second-order valence-electron chi connectivity index (χ2n) is 11.5. The van der Waals surface area contributed by atoms with Crippen LogP contribution in [0.25, 0.3) is 78.2 Å². The van der Waals surface area contributed by atoms with Gasteiger partial charge >= 0.3 is 0 Å². The van der Waals surface area contributed by atoms with E-state index in [4.69, 9.17) is 19.9 Å². The molecule has 0 spiro atoms. The van der Waals surface area contributed by atoms with Gasteiger partial charge in [-0.3, -0.25) is 9.97 Å². The molecule has 0 bridgehead atoms. The molecule has 0 amide bonds. The highest BCUT2D eigenvalue weighted by Crippen LogP contribution is 2.33. The molecule has 5 heteroatoms. The molecule has 8 rings (SSSR count). The normalized spacial score (nSPS) is 11.3. The molecule has 218 valence electrons. The van der Waals surface area contributed by atoms with Crippen molar-refractivity contribution in [2.75, 3.05) is 0 Å². The minimum atomic E-state index is 0.654. The lowest BCUT2D eigenvalue weighted by atomic mass is 9.97. The van der Waals surface area contributed by atoms with Gasteiger partial charge < -0.3 is 0 Å². The SMILES string of the molecule is Cc1ccc2ccc3cc(C)c(-c4cccc(-c5cccc(-c6nc(-c7ccccc7)cc(-c7ccccn7)n6)c5)c4)nc3c2n1. The lowest BCUT2D eigenvalue weighted by Crippen LogP contribution is -1.97. The molecule has 0 saturated carbocycles. The van der Waals surface area contributed by atoms with Crippen LogP contribution in [0, 0.1) is 13.8 Å². The van der Waals surface area contributed by atoms with Crippen LogP contribution < -0.4 is 0 Å². The standard InChI is InChI=1S/C41H29N5/c1-26-22-33-20-19-29-18-17-27(2)43-39(29)40(33)46-38(26)32-14-8-12-30(23-32)31-13-9-15-34(24-31)41-44-36(28-10-4-3-5-11-28)25-37(45-41)35-16-6-7-21-42-35/h3-25H,1-2H3. The van der Waals surface area contributed by atoms with Crippen LogP contribution in [0.5, 0.6) is 0 Å². The summed E-state index contributed by atoms with van der Waals surface area (Å²) in [5.74, 6) is 0.654. The lowest BCUT2D eigenvalue weighted by Gasteiger charge is -2.12. The predicted molar refractivity (Wildman–Crippen MR) is 187 cm³/mol. The Bertz CT molecular complexity index is 2330. The number of pyridine rings is 3. The topological polar surface area (TPSA) is 64.5 Å². The van der Waals surface area contributed by atoms with Crippen molar-refractivity contribution in [1.29, 1.82) is 0 Å². The van der Waals surface area contributed by atoms with Gasteiger partial charge in [0, 0.05) is 39.4 Å². The quantitative estimate of drug-likeness (QED) is 0.186. The molecule has 8 aromatic rings. The van der Waals surface area contributed by atoms with Crippen LogP contribution in [-0.4, -0.2) is 24.9 Å². The summed E-state index contributed by atoms with van der Waals surface area (Å²) in [4.78, 5) is 24.6. The Morgan fingerprint density at radius 1 is 0.413 bits per heavy atom. The zero-order valence-corrected chi connectivity index (χ0v) is 25.5. The molecule has 0 atom stereocenters. The molecule has 0 unspecified atom stereocenters. The van der Waals surface area contributed by atoms with Crippen LogP contribution in [0.1, 0.15) is 11.3 Å². The fourth-order valence-electron chi connectivity index (χ4n) is 5.98. The van der Waals surface area contributed by atoms with E-state index in [-0.39, 0.29) is 0 Å². The number of hydrogen-bond acceptors (Lipinski definition) is 5. The summed E-state index contributed by atoms with van der Waals surface area (Å²) in [6, 6.07) is 45.7. The molecule has 0 N–H and O–H groups in total. The number of rotatable bonds is 5. The number of benzene rings is 4. The fourth-order valence-corrected chi connectivity index (χ4v) is 5.98. The molecule has 5 nitrogen and oxygen atoms in total. The van der Waals surface area contributed by atoms with E-state index in [1.165, 1.54) is 0 Å². The molecule has 4 aromatic carbocycles. The average Bonchev–Trinajstić information content (AvgIpc) is 3.12. The number of nitrogens with zero attached hydrogens (tertiary/aromatic N) is 5. The Kier molecular flexibility index (Phi) is 6.84. The maximum Gasteiger partial charge on any atom is 0.160 e. The second-order valence-corrected chi connectivity index (χ2v) is 11.5. The summed E-state index contributed by atoms with van der Waals surface area (Å²) in [7, 11) is 0. The van der Waals surface area contributed by atoms with Crippen molar-refractivity contribution < 1.29 is 0 Å². The lowest BCUT2D eigenvalue weighted by molar-refractivity contribution is 1.16. The minimum absolute atomic E-state index is 0.654. The molecular weight excluding hydrogens is 562 g/mol. The van der Waals surface area contributed by atoms with Gasteiger partial charge in [0.1, 0.15) is 0 Å². The first kappa shape index (κ1) is 27.5. The highest BCUT2D eigenvalue weighted by Gasteiger charge is 2.14. The Morgan fingerprint density at radius 3 is 1.87 bits per heavy atom. The highest BCUT2D eigenvalue weighted by molar-refractivity contribution is 6.04. The zero-order chi connectivity index (χ0) is 31.0. The molecule has 4 aromatic heterocycles. The number of aryl methyl sites for hydroxylation is 2. The second kappa shape index (κ2) is 11.5. The molecule has 0 saturated heterocycles. The smallest absolute Gasteiger partial charge is 0.160 e. The molecule has 0 aliphatic heterocycles. The third-order valence-electron chi connectivity index (χ3n) is 8.29. The van der Waals surface area contributed by atoms with Gasteiger partial charge in [-0.15, -0.1) is 0 Å². The fraction of sp³-hybridized carbons (Fsp3) is 0.0488. The van der Waals surface area contributed by atoms with E-state index >= 15 is 0 Å². The molecule has 4 heterocycles. The van der Waals surface area contributed by atoms with Gasteiger partial charge in [0.05, 0.1) is 33.8 Å². The molecule has 0 aliphatic carbocycles. The Labute approximate surface area is 267 Å². The summed E-state index contributed by atoms with van der Waals surface area (Å²) >= 11 is 0. The van der Waals surface area contributed by atoms with Crippen LogP contribution in [0.2, 0.25) is 0 Å². The zero-order valence-electron chi connectivity index (χ0n) is 25.5. The van der Waals surface area contributed by atoms with Gasteiger partial charge in [0.15, 0.2) is 5.82 Å².